The fraction of sp³-hybridized carbons (Fsp3) is 0.444. The predicted molar refractivity (Wildman–Crippen MR) is 56.5 cm³/mol. The fourth-order valence-corrected chi connectivity index (χ4v) is 1.49. The Hall–Kier alpha value is -2.43. The third-order valence-electron chi connectivity index (χ3n) is 2.22. The number of ether oxygens (including phenoxy) is 1. The maximum absolute atomic E-state index is 11.6. The molecule has 0 saturated carbocycles. The van der Waals surface area contributed by atoms with E-state index in [1.165, 1.54) is 4.68 Å². The lowest BCUT2D eigenvalue weighted by Crippen LogP contribution is -2.16. The van der Waals surface area contributed by atoms with E-state index in [2.05, 4.69) is 15.3 Å². The number of azo groups is 1. The van der Waals surface area contributed by atoms with Gasteiger partial charge in [0, 0.05) is 0 Å². The smallest absolute Gasteiger partial charge is 0.345 e. The van der Waals surface area contributed by atoms with Gasteiger partial charge in [-0.1, -0.05) is 0 Å². The number of nitrogen functional groups attached to an aromatic ring is 1. The minimum absolute atomic E-state index is 0.0380. The number of fused-ring (bicyclic) bond motifs is 1. The van der Waals surface area contributed by atoms with Crippen LogP contribution in [0.25, 0.3) is 0 Å². The van der Waals surface area contributed by atoms with E-state index in [1.54, 1.807) is 6.92 Å². The van der Waals surface area contributed by atoms with Gasteiger partial charge in [-0.15, -0.1) is 5.11 Å². The van der Waals surface area contributed by atoms with Gasteiger partial charge in [0.1, 0.15) is 5.56 Å². The maximum Gasteiger partial charge on any atom is 0.345 e. The quantitative estimate of drug-likeness (QED) is 0.752. The Bertz CT molecular complexity index is 526. The summed E-state index contributed by atoms with van der Waals surface area (Å²) in [5, 5.41) is 20.2. The molecule has 88 valence electrons. The van der Waals surface area contributed by atoms with Gasteiger partial charge in [0.05, 0.1) is 19.2 Å². The van der Waals surface area contributed by atoms with Gasteiger partial charge in [0.15, 0.2) is 17.7 Å². The van der Waals surface area contributed by atoms with Crippen molar-refractivity contribution in [3.63, 3.8) is 0 Å². The Kier molecular flexibility index (Phi) is 2.74. The van der Waals surface area contributed by atoms with E-state index in [4.69, 9.17) is 15.7 Å². The monoisotopic (exact) mass is 234 g/mol. The molecular formula is C9H10N6O2. The molecule has 0 spiro atoms. The zero-order chi connectivity index (χ0) is 12.4. The van der Waals surface area contributed by atoms with Gasteiger partial charge in [0.2, 0.25) is 0 Å². The van der Waals surface area contributed by atoms with Crippen LogP contribution in [0.15, 0.2) is 10.2 Å². The lowest BCUT2D eigenvalue weighted by atomic mass is 10.3. The van der Waals surface area contributed by atoms with Crippen LogP contribution in [0.1, 0.15) is 17.3 Å². The Balaban J connectivity index is 2.41. The second-order valence-corrected chi connectivity index (χ2v) is 3.35. The average Bonchev–Trinajstić information content (AvgIpc) is 2.64. The van der Waals surface area contributed by atoms with Gasteiger partial charge in [-0.25, -0.2) is 9.48 Å². The van der Waals surface area contributed by atoms with Crippen LogP contribution in [0, 0.1) is 11.3 Å². The highest BCUT2D eigenvalue weighted by Crippen LogP contribution is 2.29. The molecule has 8 nitrogen and oxygen atoms in total. The van der Waals surface area contributed by atoms with Crippen LogP contribution in [-0.4, -0.2) is 28.4 Å². The molecule has 0 fully saturated rings. The second-order valence-electron chi connectivity index (χ2n) is 3.35. The topological polar surface area (TPSA) is 119 Å². The molecule has 1 aromatic heterocycles. The van der Waals surface area contributed by atoms with Gasteiger partial charge in [-0.3, -0.25) is 0 Å². The minimum atomic E-state index is -0.600. The Morgan fingerprint density at radius 2 is 2.53 bits per heavy atom. The number of anilines is 1. The van der Waals surface area contributed by atoms with Crippen LogP contribution < -0.4 is 5.73 Å². The molecule has 0 amide bonds. The van der Waals surface area contributed by atoms with E-state index < -0.39 is 12.0 Å². The maximum atomic E-state index is 11.6. The Morgan fingerprint density at radius 1 is 1.76 bits per heavy atom. The highest BCUT2D eigenvalue weighted by molar-refractivity contribution is 5.98. The van der Waals surface area contributed by atoms with Crippen molar-refractivity contribution in [2.75, 3.05) is 12.3 Å². The number of nitriles is 1. The Morgan fingerprint density at radius 3 is 3.18 bits per heavy atom. The summed E-state index contributed by atoms with van der Waals surface area (Å²) in [4.78, 5) is 11.6. The number of rotatable bonds is 2. The molecule has 0 aromatic carbocycles. The number of hydrogen-bond donors (Lipinski definition) is 1. The van der Waals surface area contributed by atoms with Crippen molar-refractivity contribution in [1.29, 1.82) is 5.26 Å². The lowest BCUT2D eigenvalue weighted by molar-refractivity contribution is 0.0528. The van der Waals surface area contributed by atoms with Crippen molar-refractivity contribution in [1.82, 2.24) is 9.78 Å². The summed E-state index contributed by atoms with van der Waals surface area (Å²) in [6.45, 7) is 2.16. The van der Waals surface area contributed by atoms with Crippen LogP contribution >= 0.6 is 0 Å². The van der Waals surface area contributed by atoms with Crippen LogP contribution in [0.3, 0.4) is 0 Å². The van der Waals surface area contributed by atoms with Crippen LogP contribution in [-0.2, 0) is 11.3 Å². The van der Waals surface area contributed by atoms with E-state index in [0.29, 0.717) is 0 Å². The highest BCUT2D eigenvalue weighted by Gasteiger charge is 2.27. The van der Waals surface area contributed by atoms with Crippen molar-refractivity contribution < 1.29 is 9.53 Å². The third-order valence-corrected chi connectivity index (χ3v) is 2.22. The number of nitrogens with two attached hydrogens (primary N) is 1. The molecule has 1 atom stereocenters. The van der Waals surface area contributed by atoms with E-state index >= 15 is 0 Å². The predicted octanol–water partition coefficient (Wildman–Crippen LogP) is 0.631. The first-order valence-electron chi connectivity index (χ1n) is 5.01. The van der Waals surface area contributed by atoms with Crippen LogP contribution in [0.4, 0.5) is 11.6 Å². The van der Waals surface area contributed by atoms with E-state index in [-0.39, 0.29) is 30.4 Å². The van der Waals surface area contributed by atoms with E-state index in [9.17, 15) is 4.79 Å². The average molecular weight is 234 g/mol. The van der Waals surface area contributed by atoms with Crippen molar-refractivity contribution in [3.05, 3.63) is 5.56 Å². The molecule has 8 heteroatoms. The molecule has 2 heterocycles. The minimum Gasteiger partial charge on any atom is -0.462 e. The molecule has 0 bridgehead atoms. The fourth-order valence-electron chi connectivity index (χ4n) is 1.49. The standard InChI is InChI=1S/C9H10N6O2/c1-2-17-9(16)6-7(11)14-15-4-5(3-10)12-13-8(6)15/h5H,2,4H2,1H3,(H2,11,14). The molecule has 0 saturated heterocycles. The van der Waals surface area contributed by atoms with Gasteiger partial charge in [-0.05, 0) is 6.92 Å². The lowest BCUT2D eigenvalue weighted by Gasteiger charge is -2.10. The summed E-state index contributed by atoms with van der Waals surface area (Å²) in [6.07, 6.45) is 0. The molecule has 1 aliphatic rings. The van der Waals surface area contributed by atoms with Crippen LogP contribution in [0.2, 0.25) is 0 Å². The van der Waals surface area contributed by atoms with Crippen molar-refractivity contribution in [3.8, 4) is 6.07 Å². The van der Waals surface area contributed by atoms with Crippen molar-refractivity contribution in [2.24, 2.45) is 10.2 Å². The zero-order valence-electron chi connectivity index (χ0n) is 9.12. The molecule has 17 heavy (non-hydrogen) atoms. The zero-order valence-corrected chi connectivity index (χ0v) is 9.12. The molecule has 2 N–H and O–H groups in total. The molecule has 1 aliphatic heterocycles. The summed E-state index contributed by atoms with van der Waals surface area (Å²) in [7, 11) is 0. The van der Waals surface area contributed by atoms with E-state index in [1.807, 2.05) is 6.07 Å². The number of carbonyl (C=O) groups is 1. The molecule has 2 rings (SSSR count). The molecule has 0 radical (unpaired) electrons. The van der Waals surface area contributed by atoms with Gasteiger partial charge in [-0.2, -0.15) is 15.5 Å². The number of nitrogens with zero attached hydrogens (tertiary/aromatic N) is 5. The highest BCUT2D eigenvalue weighted by atomic mass is 16.5. The second kappa shape index (κ2) is 4.21. The van der Waals surface area contributed by atoms with Gasteiger partial charge < -0.3 is 10.5 Å². The normalized spacial score (nSPS) is 17.3. The molecule has 1 unspecified atom stereocenters. The number of carbonyl (C=O) groups excluding carboxylic acids is 1. The molecular weight excluding hydrogens is 224 g/mol. The first kappa shape index (κ1) is 11.1. The largest absolute Gasteiger partial charge is 0.462 e. The third kappa shape index (κ3) is 1.82. The molecule has 1 aromatic rings. The number of esters is 1. The van der Waals surface area contributed by atoms with E-state index in [0.717, 1.165) is 0 Å². The summed E-state index contributed by atoms with van der Waals surface area (Å²) in [5.41, 5.74) is 5.73. The molecule has 0 aliphatic carbocycles. The van der Waals surface area contributed by atoms with Crippen LogP contribution in [0.5, 0.6) is 0 Å². The number of hydrogen-bond acceptors (Lipinski definition) is 7. The first-order valence-corrected chi connectivity index (χ1v) is 5.01. The summed E-state index contributed by atoms with van der Waals surface area (Å²) in [5.74, 6) is -0.302. The number of aromatic nitrogens is 2. The summed E-state index contributed by atoms with van der Waals surface area (Å²) in [6, 6.07) is 1.35. The van der Waals surface area contributed by atoms with Gasteiger partial charge >= 0.3 is 5.97 Å². The Labute approximate surface area is 96.7 Å². The van der Waals surface area contributed by atoms with Crippen molar-refractivity contribution in [2.45, 2.75) is 19.5 Å². The SMILES string of the molecule is CCOC(=O)c1c(N)nn2c1N=NC(C#N)C2. The first-order chi connectivity index (χ1) is 8.17. The summed E-state index contributed by atoms with van der Waals surface area (Å²) >= 11 is 0. The van der Waals surface area contributed by atoms with Gasteiger partial charge in [0.25, 0.3) is 0 Å². The summed E-state index contributed by atoms with van der Waals surface area (Å²) < 4.78 is 6.24. The van der Waals surface area contributed by atoms with Crippen molar-refractivity contribution >= 4 is 17.6 Å².